The smallest absolute Gasteiger partial charge is 0.149 e. The lowest BCUT2D eigenvalue weighted by molar-refractivity contribution is 0.637. The molecule has 1 nitrogen and oxygen atoms in total. The van der Waals surface area contributed by atoms with E-state index in [2.05, 4.69) is 20.9 Å². The van der Waals surface area contributed by atoms with Crippen LogP contribution in [0.15, 0.2) is 28.9 Å². The van der Waals surface area contributed by atoms with E-state index in [0.717, 1.165) is 4.47 Å². The number of fused-ring (bicyclic) bond motifs is 1. The maximum absolute atomic E-state index is 13.2. The molecule has 0 bridgehead atoms. The van der Waals surface area contributed by atoms with Gasteiger partial charge in [0.15, 0.2) is 0 Å². The van der Waals surface area contributed by atoms with Crippen molar-refractivity contribution >= 4 is 38.4 Å². The minimum Gasteiger partial charge on any atom is -0.253 e. The van der Waals surface area contributed by atoms with Gasteiger partial charge in [0.25, 0.3) is 0 Å². The van der Waals surface area contributed by atoms with Crippen molar-refractivity contribution in [2.24, 2.45) is 0 Å². The SMILES string of the molecule is Fc1ccc(Cl)c2c(Br)ccnc12. The Morgan fingerprint density at radius 1 is 1.31 bits per heavy atom. The molecule has 0 fully saturated rings. The molecule has 0 amide bonds. The largest absolute Gasteiger partial charge is 0.253 e. The number of rotatable bonds is 0. The summed E-state index contributed by atoms with van der Waals surface area (Å²) < 4.78 is 14.0. The Morgan fingerprint density at radius 3 is 2.77 bits per heavy atom. The van der Waals surface area contributed by atoms with Crippen LogP contribution in [0.3, 0.4) is 0 Å². The van der Waals surface area contributed by atoms with E-state index >= 15 is 0 Å². The van der Waals surface area contributed by atoms with E-state index in [1.54, 1.807) is 6.07 Å². The summed E-state index contributed by atoms with van der Waals surface area (Å²) in [4.78, 5) is 3.91. The Labute approximate surface area is 87.7 Å². The van der Waals surface area contributed by atoms with E-state index in [1.165, 1.54) is 18.3 Å². The van der Waals surface area contributed by atoms with Crippen LogP contribution in [0.25, 0.3) is 10.9 Å². The molecular formula is C9H4BrClFN. The van der Waals surface area contributed by atoms with Crippen molar-refractivity contribution in [1.82, 2.24) is 4.98 Å². The number of nitrogens with zero attached hydrogens (tertiary/aromatic N) is 1. The highest BCUT2D eigenvalue weighted by Crippen LogP contribution is 2.30. The molecule has 0 saturated heterocycles. The predicted octanol–water partition coefficient (Wildman–Crippen LogP) is 3.79. The van der Waals surface area contributed by atoms with Gasteiger partial charge in [0.1, 0.15) is 11.3 Å². The first-order valence-corrected chi connectivity index (χ1v) is 4.75. The van der Waals surface area contributed by atoms with Gasteiger partial charge in [-0.1, -0.05) is 11.6 Å². The van der Waals surface area contributed by atoms with E-state index < -0.39 is 0 Å². The Bertz CT molecular complexity index is 464. The minimum atomic E-state index is -0.360. The normalized spacial score (nSPS) is 10.7. The summed E-state index contributed by atoms with van der Waals surface area (Å²) >= 11 is 9.19. The number of hydrogen-bond donors (Lipinski definition) is 0. The molecular weight excluding hydrogens is 256 g/mol. The molecule has 66 valence electrons. The zero-order chi connectivity index (χ0) is 9.42. The van der Waals surface area contributed by atoms with Crippen molar-refractivity contribution in [3.05, 3.63) is 39.7 Å². The average molecular weight is 260 g/mol. The zero-order valence-corrected chi connectivity index (χ0v) is 8.73. The molecule has 0 spiro atoms. The lowest BCUT2D eigenvalue weighted by atomic mass is 10.2. The highest BCUT2D eigenvalue weighted by Gasteiger charge is 2.07. The number of halogens is 3. The first-order chi connectivity index (χ1) is 6.20. The van der Waals surface area contributed by atoms with E-state index in [1.807, 2.05) is 0 Å². The Morgan fingerprint density at radius 2 is 2.08 bits per heavy atom. The second-order valence-electron chi connectivity index (χ2n) is 2.55. The van der Waals surface area contributed by atoms with Gasteiger partial charge in [-0.2, -0.15) is 0 Å². The van der Waals surface area contributed by atoms with Crippen molar-refractivity contribution in [1.29, 1.82) is 0 Å². The van der Waals surface area contributed by atoms with Crippen molar-refractivity contribution < 1.29 is 4.39 Å². The number of hydrogen-bond acceptors (Lipinski definition) is 1. The molecule has 4 heteroatoms. The van der Waals surface area contributed by atoms with Crippen LogP contribution in [0.2, 0.25) is 5.02 Å². The van der Waals surface area contributed by atoms with Gasteiger partial charge in [-0.3, -0.25) is 4.98 Å². The molecule has 0 radical (unpaired) electrons. The summed E-state index contributed by atoms with van der Waals surface area (Å²) in [6.45, 7) is 0. The highest BCUT2D eigenvalue weighted by atomic mass is 79.9. The topological polar surface area (TPSA) is 12.9 Å². The van der Waals surface area contributed by atoms with Crippen molar-refractivity contribution in [2.75, 3.05) is 0 Å². The lowest BCUT2D eigenvalue weighted by Crippen LogP contribution is -1.85. The van der Waals surface area contributed by atoms with Gasteiger partial charge in [0.05, 0.1) is 5.02 Å². The third-order valence-corrected chi connectivity index (χ3v) is 2.72. The summed E-state index contributed by atoms with van der Waals surface area (Å²) in [6, 6.07) is 4.56. The number of pyridine rings is 1. The number of benzene rings is 1. The molecule has 0 saturated carbocycles. The van der Waals surface area contributed by atoms with Crippen LogP contribution in [0, 0.1) is 5.82 Å². The molecule has 0 aliphatic rings. The van der Waals surface area contributed by atoms with Gasteiger partial charge in [0, 0.05) is 16.1 Å². The van der Waals surface area contributed by atoms with Crippen molar-refractivity contribution in [2.45, 2.75) is 0 Å². The van der Waals surface area contributed by atoms with Crippen LogP contribution in [0.1, 0.15) is 0 Å². The molecule has 0 aliphatic carbocycles. The van der Waals surface area contributed by atoms with Crippen LogP contribution in [-0.2, 0) is 0 Å². The molecule has 0 atom stereocenters. The Balaban J connectivity index is 3.00. The van der Waals surface area contributed by atoms with E-state index in [-0.39, 0.29) is 5.82 Å². The highest BCUT2D eigenvalue weighted by molar-refractivity contribution is 9.10. The molecule has 0 aliphatic heterocycles. The van der Waals surface area contributed by atoms with Gasteiger partial charge < -0.3 is 0 Å². The van der Waals surface area contributed by atoms with Crippen molar-refractivity contribution in [3.63, 3.8) is 0 Å². The summed E-state index contributed by atoms with van der Waals surface area (Å²) in [5, 5.41) is 1.11. The van der Waals surface area contributed by atoms with Gasteiger partial charge in [-0.15, -0.1) is 0 Å². The van der Waals surface area contributed by atoms with Gasteiger partial charge in [0.2, 0.25) is 0 Å². The third kappa shape index (κ3) is 1.42. The van der Waals surface area contributed by atoms with Gasteiger partial charge in [-0.05, 0) is 34.1 Å². The van der Waals surface area contributed by atoms with Crippen LogP contribution >= 0.6 is 27.5 Å². The fraction of sp³-hybridized carbons (Fsp3) is 0. The maximum Gasteiger partial charge on any atom is 0.149 e. The van der Waals surface area contributed by atoms with E-state index in [0.29, 0.717) is 15.9 Å². The third-order valence-electron chi connectivity index (χ3n) is 1.74. The Kier molecular flexibility index (Phi) is 2.22. The minimum absolute atomic E-state index is 0.293. The predicted molar refractivity (Wildman–Crippen MR) is 54.4 cm³/mol. The van der Waals surface area contributed by atoms with Crippen LogP contribution < -0.4 is 0 Å². The fourth-order valence-corrected chi connectivity index (χ4v) is 2.04. The fourth-order valence-electron chi connectivity index (χ4n) is 1.16. The second kappa shape index (κ2) is 3.24. The van der Waals surface area contributed by atoms with Gasteiger partial charge >= 0.3 is 0 Å². The average Bonchev–Trinajstić information content (AvgIpc) is 2.12. The molecule has 1 aromatic heterocycles. The lowest BCUT2D eigenvalue weighted by Gasteiger charge is -2.02. The first-order valence-electron chi connectivity index (χ1n) is 3.58. The molecule has 2 rings (SSSR count). The standard InChI is InChI=1S/C9H4BrClFN/c10-5-3-4-13-9-7(12)2-1-6(11)8(5)9/h1-4H. The Hall–Kier alpha value is -0.670. The molecule has 1 heterocycles. The van der Waals surface area contributed by atoms with Crippen LogP contribution in [-0.4, -0.2) is 4.98 Å². The maximum atomic E-state index is 13.2. The molecule has 13 heavy (non-hydrogen) atoms. The number of aromatic nitrogens is 1. The summed E-state index contributed by atoms with van der Waals surface area (Å²) in [6.07, 6.45) is 1.53. The zero-order valence-electron chi connectivity index (χ0n) is 6.39. The van der Waals surface area contributed by atoms with Crippen LogP contribution in [0.5, 0.6) is 0 Å². The monoisotopic (exact) mass is 259 g/mol. The van der Waals surface area contributed by atoms with E-state index in [9.17, 15) is 4.39 Å². The van der Waals surface area contributed by atoms with Crippen LogP contribution in [0.4, 0.5) is 4.39 Å². The first kappa shape index (κ1) is 8.91. The molecule has 0 N–H and O–H groups in total. The van der Waals surface area contributed by atoms with Crippen molar-refractivity contribution in [3.8, 4) is 0 Å². The molecule has 2 aromatic rings. The molecule has 1 aromatic carbocycles. The second-order valence-corrected chi connectivity index (χ2v) is 3.81. The summed E-state index contributed by atoms with van der Waals surface area (Å²) in [7, 11) is 0. The van der Waals surface area contributed by atoms with E-state index in [4.69, 9.17) is 11.6 Å². The molecule has 0 unspecified atom stereocenters. The quantitative estimate of drug-likeness (QED) is 0.702. The summed E-state index contributed by atoms with van der Waals surface area (Å²) in [5.41, 5.74) is 0.293. The summed E-state index contributed by atoms with van der Waals surface area (Å²) in [5.74, 6) is -0.360. The van der Waals surface area contributed by atoms with Gasteiger partial charge in [-0.25, -0.2) is 4.39 Å².